The van der Waals surface area contributed by atoms with Crippen LogP contribution in [0.2, 0.25) is 0 Å². The summed E-state index contributed by atoms with van der Waals surface area (Å²) in [5, 5.41) is 2.92. The smallest absolute Gasteiger partial charge is 0.217 e. The topological polar surface area (TPSA) is 93.5 Å². The van der Waals surface area contributed by atoms with E-state index in [9.17, 15) is 4.79 Å². The molecule has 1 amide bonds. The van der Waals surface area contributed by atoms with Crippen LogP contribution in [0, 0.1) is 5.92 Å². The summed E-state index contributed by atoms with van der Waals surface area (Å²) in [6.07, 6.45) is 1.77. The lowest BCUT2D eigenvalue weighted by Gasteiger charge is -2.21. The zero-order chi connectivity index (χ0) is 11.8. The van der Waals surface area contributed by atoms with Crippen molar-refractivity contribution in [1.29, 1.82) is 0 Å². The number of guanidine groups is 1. The van der Waals surface area contributed by atoms with E-state index in [4.69, 9.17) is 11.5 Å². The average molecular weight is 214 g/mol. The molecule has 0 aromatic carbocycles. The Morgan fingerprint density at radius 3 is 2.40 bits per heavy atom. The predicted octanol–water partition coefficient (Wildman–Crippen LogP) is 0.201. The minimum absolute atomic E-state index is 0.00976. The zero-order valence-electron chi connectivity index (χ0n) is 9.79. The summed E-state index contributed by atoms with van der Waals surface area (Å²) in [7, 11) is 0. The van der Waals surface area contributed by atoms with Crippen LogP contribution in [0.15, 0.2) is 4.99 Å². The third-order valence-corrected chi connectivity index (χ3v) is 2.16. The first-order chi connectivity index (χ1) is 6.93. The highest BCUT2D eigenvalue weighted by molar-refractivity contribution is 5.75. The van der Waals surface area contributed by atoms with Gasteiger partial charge < -0.3 is 16.8 Å². The summed E-state index contributed by atoms with van der Waals surface area (Å²) in [4.78, 5) is 14.8. The molecule has 0 aliphatic rings. The number of rotatable bonds is 6. The number of nitrogens with one attached hydrogen (secondary N) is 1. The van der Waals surface area contributed by atoms with Crippen LogP contribution >= 0.6 is 0 Å². The summed E-state index contributed by atoms with van der Waals surface area (Å²) in [6, 6.07) is 0.205. The van der Waals surface area contributed by atoms with E-state index in [0.717, 1.165) is 12.8 Å². The fraction of sp³-hybridized carbons (Fsp3) is 0.800. The Morgan fingerprint density at radius 2 is 2.00 bits per heavy atom. The van der Waals surface area contributed by atoms with Gasteiger partial charge in [0.05, 0.1) is 0 Å². The summed E-state index contributed by atoms with van der Waals surface area (Å²) >= 11 is 0. The van der Waals surface area contributed by atoms with Crippen LogP contribution < -0.4 is 16.8 Å². The predicted molar refractivity (Wildman–Crippen MR) is 62.4 cm³/mol. The van der Waals surface area contributed by atoms with Gasteiger partial charge in [-0.15, -0.1) is 0 Å². The number of nitrogens with zero attached hydrogens (tertiary/aromatic N) is 1. The van der Waals surface area contributed by atoms with Gasteiger partial charge in [-0.05, 0) is 18.8 Å². The van der Waals surface area contributed by atoms with Crippen molar-refractivity contribution >= 4 is 11.9 Å². The Kier molecular flexibility index (Phi) is 6.49. The third kappa shape index (κ3) is 7.78. The van der Waals surface area contributed by atoms with E-state index in [1.54, 1.807) is 0 Å². The van der Waals surface area contributed by atoms with Crippen molar-refractivity contribution in [2.45, 2.75) is 39.7 Å². The van der Waals surface area contributed by atoms with Crippen molar-refractivity contribution in [3.05, 3.63) is 0 Å². The SMILES string of the molecule is CC(=O)NC(CCCN=C(N)N)C(C)C. The second-order valence-corrected chi connectivity index (χ2v) is 4.00. The van der Waals surface area contributed by atoms with Crippen LogP contribution in [-0.4, -0.2) is 24.5 Å². The molecule has 0 aromatic rings. The Hall–Kier alpha value is -1.26. The number of hydrogen-bond donors (Lipinski definition) is 3. The molecule has 0 fully saturated rings. The van der Waals surface area contributed by atoms with Crippen molar-refractivity contribution in [2.24, 2.45) is 22.4 Å². The van der Waals surface area contributed by atoms with Crippen molar-refractivity contribution in [1.82, 2.24) is 5.32 Å². The van der Waals surface area contributed by atoms with Crippen LogP contribution in [-0.2, 0) is 4.79 Å². The molecule has 88 valence electrons. The Labute approximate surface area is 91.3 Å². The average Bonchev–Trinajstić information content (AvgIpc) is 2.08. The number of nitrogens with two attached hydrogens (primary N) is 2. The second-order valence-electron chi connectivity index (χ2n) is 4.00. The van der Waals surface area contributed by atoms with E-state index >= 15 is 0 Å². The van der Waals surface area contributed by atoms with E-state index in [1.165, 1.54) is 6.92 Å². The number of aliphatic imine (C=N–C) groups is 1. The van der Waals surface area contributed by atoms with Crippen molar-refractivity contribution in [3.8, 4) is 0 Å². The van der Waals surface area contributed by atoms with Gasteiger partial charge in [-0.2, -0.15) is 0 Å². The molecule has 0 rings (SSSR count). The lowest BCUT2D eigenvalue weighted by Crippen LogP contribution is -2.37. The van der Waals surface area contributed by atoms with Gasteiger partial charge in [0.25, 0.3) is 0 Å². The van der Waals surface area contributed by atoms with Crippen LogP contribution in [0.4, 0.5) is 0 Å². The molecule has 15 heavy (non-hydrogen) atoms. The van der Waals surface area contributed by atoms with Gasteiger partial charge in [-0.1, -0.05) is 13.8 Å². The fourth-order valence-electron chi connectivity index (χ4n) is 1.35. The van der Waals surface area contributed by atoms with E-state index in [1.807, 2.05) is 0 Å². The molecule has 5 heteroatoms. The summed E-state index contributed by atoms with van der Waals surface area (Å²) in [5.74, 6) is 0.555. The minimum Gasteiger partial charge on any atom is -0.370 e. The first kappa shape index (κ1) is 13.7. The summed E-state index contributed by atoms with van der Waals surface area (Å²) < 4.78 is 0. The van der Waals surface area contributed by atoms with Crippen molar-refractivity contribution in [2.75, 3.05) is 6.54 Å². The summed E-state index contributed by atoms with van der Waals surface area (Å²) in [6.45, 7) is 6.32. The number of carbonyl (C=O) groups is 1. The standard InChI is InChI=1S/C10H22N4O/c1-7(2)9(14-8(3)15)5-4-6-13-10(11)12/h7,9H,4-6H2,1-3H3,(H,14,15)(H4,11,12,13). The molecule has 0 bridgehead atoms. The maximum absolute atomic E-state index is 10.9. The van der Waals surface area contributed by atoms with Gasteiger partial charge >= 0.3 is 0 Å². The van der Waals surface area contributed by atoms with Gasteiger partial charge in [0, 0.05) is 19.5 Å². The molecule has 5 N–H and O–H groups in total. The number of hydrogen-bond acceptors (Lipinski definition) is 2. The molecule has 0 radical (unpaired) electrons. The lowest BCUT2D eigenvalue weighted by molar-refractivity contribution is -0.120. The second kappa shape index (κ2) is 7.09. The highest BCUT2D eigenvalue weighted by Crippen LogP contribution is 2.08. The number of carbonyl (C=O) groups excluding carboxylic acids is 1. The maximum Gasteiger partial charge on any atom is 0.217 e. The van der Waals surface area contributed by atoms with Crippen LogP contribution in [0.1, 0.15) is 33.6 Å². The van der Waals surface area contributed by atoms with Crippen LogP contribution in [0.5, 0.6) is 0 Å². The first-order valence-electron chi connectivity index (χ1n) is 5.26. The highest BCUT2D eigenvalue weighted by Gasteiger charge is 2.13. The largest absolute Gasteiger partial charge is 0.370 e. The van der Waals surface area contributed by atoms with Crippen molar-refractivity contribution in [3.63, 3.8) is 0 Å². The Bertz CT molecular complexity index is 221. The maximum atomic E-state index is 10.9. The summed E-state index contributed by atoms with van der Waals surface area (Å²) in [5.41, 5.74) is 10.4. The number of amides is 1. The Balaban J connectivity index is 3.86. The molecule has 1 unspecified atom stereocenters. The molecule has 5 nitrogen and oxygen atoms in total. The highest BCUT2D eigenvalue weighted by atomic mass is 16.1. The first-order valence-corrected chi connectivity index (χ1v) is 5.26. The molecule has 0 saturated heterocycles. The zero-order valence-corrected chi connectivity index (χ0v) is 9.79. The monoisotopic (exact) mass is 214 g/mol. The lowest BCUT2D eigenvalue weighted by atomic mass is 9.99. The molecule has 0 spiro atoms. The molecule has 0 aliphatic carbocycles. The minimum atomic E-state index is 0.00976. The molecular weight excluding hydrogens is 192 g/mol. The van der Waals surface area contributed by atoms with Gasteiger partial charge in [-0.3, -0.25) is 9.79 Å². The van der Waals surface area contributed by atoms with Crippen LogP contribution in [0.25, 0.3) is 0 Å². The molecule has 0 saturated carbocycles. The Morgan fingerprint density at radius 1 is 1.40 bits per heavy atom. The van der Waals surface area contributed by atoms with Gasteiger partial charge in [0.1, 0.15) is 0 Å². The van der Waals surface area contributed by atoms with E-state index in [-0.39, 0.29) is 17.9 Å². The van der Waals surface area contributed by atoms with E-state index in [0.29, 0.717) is 12.5 Å². The normalized spacial score (nSPS) is 12.3. The van der Waals surface area contributed by atoms with E-state index < -0.39 is 0 Å². The van der Waals surface area contributed by atoms with Gasteiger partial charge in [0.2, 0.25) is 5.91 Å². The van der Waals surface area contributed by atoms with E-state index in [2.05, 4.69) is 24.2 Å². The van der Waals surface area contributed by atoms with Crippen molar-refractivity contribution < 1.29 is 4.79 Å². The molecule has 0 aromatic heterocycles. The quantitative estimate of drug-likeness (QED) is 0.335. The molecule has 1 atom stereocenters. The molecule has 0 heterocycles. The van der Waals surface area contributed by atoms with Gasteiger partial charge in [-0.25, -0.2) is 0 Å². The van der Waals surface area contributed by atoms with Gasteiger partial charge in [0.15, 0.2) is 5.96 Å². The molecular formula is C10H22N4O. The third-order valence-electron chi connectivity index (χ3n) is 2.16. The molecule has 0 aliphatic heterocycles. The fourth-order valence-corrected chi connectivity index (χ4v) is 1.35. The van der Waals surface area contributed by atoms with Crippen LogP contribution in [0.3, 0.4) is 0 Å².